The van der Waals surface area contributed by atoms with Gasteiger partial charge in [0.15, 0.2) is 11.5 Å². The van der Waals surface area contributed by atoms with Gasteiger partial charge < -0.3 is 19.4 Å². The Hall–Kier alpha value is -3.28. The van der Waals surface area contributed by atoms with E-state index >= 15 is 0 Å². The summed E-state index contributed by atoms with van der Waals surface area (Å²) in [5, 5.41) is 2.71. The second kappa shape index (κ2) is 11.0. The summed E-state index contributed by atoms with van der Waals surface area (Å²) in [6.45, 7) is 5.82. The van der Waals surface area contributed by atoms with E-state index in [0.717, 1.165) is 72.6 Å². The van der Waals surface area contributed by atoms with Crippen LogP contribution in [0, 0.1) is 0 Å². The van der Waals surface area contributed by atoms with Gasteiger partial charge in [-0.3, -0.25) is 4.79 Å². The molecule has 158 valence electrons. The third kappa shape index (κ3) is 5.41. The number of para-hydroxylation sites is 2. The number of nitrogens with one attached hydrogen (secondary N) is 1. The summed E-state index contributed by atoms with van der Waals surface area (Å²) in [4.78, 5) is 15.2. The minimum atomic E-state index is 0.579. The SMILES string of the molecule is C=CCc1ccc(OCCCn2c(CCCNC=O)nc3ccccc32)c(OC)c1. The molecule has 2 aromatic carbocycles. The Morgan fingerprint density at radius 3 is 2.83 bits per heavy atom. The molecule has 0 aliphatic carbocycles. The standard InChI is InChI=1S/C24H29N3O3/c1-3-8-19-12-13-22(23(17-19)29-2)30-16-7-15-27-21-10-5-4-9-20(21)26-24(27)11-6-14-25-18-28/h3-5,9-10,12-13,17-18H,1,6-8,11,14-16H2,2H3,(H,25,28). The maximum Gasteiger partial charge on any atom is 0.207 e. The highest BCUT2D eigenvalue weighted by molar-refractivity contribution is 5.75. The first kappa shape index (κ1) is 21.4. The van der Waals surface area contributed by atoms with Gasteiger partial charge in [-0.2, -0.15) is 0 Å². The fourth-order valence-corrected chi connectivity index (χ4v) is 3.50. The summed E-state index contributed by atoms with van der Waals surface area (Å²) in [5.74, 6) is 2.53. The molecule has 1 amide bonds. The average molecular weight is 408 g/mol. The molecule has 1 N–H and O–H groups in total. The lowest BCUT2D eigenvalue weighted by atomic mass is 10.1. The predicted octanol–water partition coefficient (Wildman–Crippen LogP) is 3.92. The molecule has 0 saturated heterocycles. The van der Waals surface area contributed by atoms with Crippen molar-refractivity contribution in [2.24, 2.45) is 0 Å². The number of carbonyl (C=O) groups excluding carboxylic acids is 1. The van der Waals surface area contributed by atoms with Crippen molar-refractivity contribution in [3.05, 3.63) is 66.5 Å². The van der Waals surface area contributed by atoms with E-state index in [4.69, 9.17) is 14.5 Å². The zero-order chi connectivity index (χ0) is 21.2. The Morgan fingerprint density at radius 2 is 2.03 bits per heavy atom. The second-order valence-electron chi connectivity index (χ2n) is 7.02. The first-order valence-electron chi connectivity index (χ1n) is 10.3. The van der Waals surface area contributed by atoms with Crippen LogP contribution in [0.15, 0.2) is 55.1 Å². The highest BCUT2D eigenvalue weighted by Gasteiger charge is 2.11. The van der Waals surface area contributed by atoms with Crippen molar-refractivity contribution in [2.75, 3.05) is 20.3 Å². The molecule has 6 nitrogen and oxygen atoms in total. The molecule has 0 aliphatic heterocycles. The van der Waals surface area contributed by atoms with Gasteiger partial charge in [-0.25, -0.2) is 4.98 Å². The molecule has 6 heteroatoms. The molecule has 0 saturated carbocycles. The molecule has 1 heterocycles. The lowest BCUT2D eigenvalue weighted by molar-refractivity contribution is -0.109. The van der Waals surface area contributed by atoms with Gasteiger partial charge in [-0.1, -0.05) is 24.3 Å². The van der Waals surface area contributed by atoms with Crippen LogP contribution in [0.3, 0.4) is 0 Å². The first-order chi connectivity index (χ1) is 14.8. The smallest absolute Gasteiger partial charge is 0.207 e. The largest absolute Gasteiger partial charge is 0.493 e. The first-order valence-corrected chi connectivity index (χ1v) is 10.3. The number of carbonyl (C=O) groups is 1. The molecule has 0 unspecified atom stereocenters. The van der Waals surface area contributed by atoms with Crippen LogP contribution in [0.1, 0.15) is 24.2 Å². The molecule has 3 aromatic rings. The predicted molar refractivity (Wildman–Crippen MR) is 119 cm³/mol. The number of hydrogen-bond acceptors (Lipinski definition) is 4. The van der Waals surface area contributed by atoms with Crippen molar-refractivity contribution in [1.82, 2.24) is 14.9 Å². The summed E-state index contributed by atoms with van der Waals surface area (Å²) >= 11 is 0. The van der Waals surface area contributed by atoms with Crippen molar-refractivity contribution in [2.45, 2.75) is 32.2 Å². The van der Waals surface area contributed by atoms with E-state index in [0.29, 0.717) is 13.2 Å². The monoisotopic (exact) mass is 407 g/mol. The Balaban J connectivity index is 1.62. The van der Waals surface area contributed by atoms with Crippen LogP contribution in [-0.4, -0.2) is 36.2 Å². The average Bonchev–Trinajstić information content (AvgIpc) is 3.12. The number of rotatable bonds is 13. The van der Waals surface area contributed by atoms with Crippen molar-refractivity contribution in [3.8, 4) is 11.5 Å². The fourth-order valence-electron chi connectivity index (χ4n) is 3.50. The Labute approximate surface area is 177 Å². The van der Waals surface area contributed by atoms with E-state index in [1.54, 1.807) is 7.11 Å². The molecular formula is C24H29N3O3. The molecule has 30 heavy (non-hydrogen) atoms. The summed E-state index contributed by atoms with van der Waals surface area (Å²) in [7, 11) is 1.66. The van der Waals surface area contributed by atoms with Gasteiger partial charge in [0.2, 0.25) is 6.41 Å². The highest BCUT2D eigenvalue weighted by atomic mass is 16.5. The topological polar surface area (TPSA) is 65.4 Å². The van der Waals surface area contributed by atoms with Crippen LogP contribution in [0.2, 0.25) is 0 Å². The number of benzene rings is 2. The highest BCUT2D eigenvalue weighted by Crippen LogP contribution is 2.28. The number of fused-ring (bicyclic) bond motifs is 1. The van der Waals surface area contributed by atoms with E-state index in [-0.39, 0.29) is 0 Å². The zero-order valence-corrected chi connectivity index (χ0v) is 17.5. The number of nitrogens with zero attached hydrogens (tertiary/aromatic N) is 2. The van der Waals surface area contributed by atoms with Crippen LogP contribution >= 0.6 is 0 Å². The molecule has 1 aromatic heterocycles. The second-order valence-corrected chi connectivity index (χ2v) is 7.02. The molecule has 0 fully saturated rings. The lowest BCUT2D eigenvalue weighted by Crippen LogP contribution is -2.14. The fraction of sp³-hybridized carbons (Fsp3) is 0.333. The van der Waals surface area contributed by atoms with Crippen LogP contribution in [0.25, 0.3) is 11.0 Å². The molecular weight excluding hydrogens is 378 g/mol. The number of hydrogen-bond donors (Lipinski definition) is 1. The van der Waals surface area contributed by atoms with Crippen LogP contribution in [0.5, 0.6) is 11.5 Å². The minimum Gasteiger partial charge on any atom is -0.493 e. The normalized spacial score (nSPS) is 10.7. The van der Waals surface area contributed by atoms with Crippen LogP contribution in [-0.2, 0) is 24.2 Å². The number of ether oxygens (including phenoxy) is 2. The Bertz CT molecular complexity index is 981. The Morgan fingerprint density at radius 1 is 1.17 bits per heavy atom. The molecule has 0 aliphatic rings. The van der Waals surface area contributed by atoms with Crippen LogP contribution in [0.4, 0.5) is 0 Å². The third-order valence-corrected chi connectivity index (χ3v) is 4.93. The van der Waals surface area contributed by atoms with E-state index < -0.39 is 0 Å². The van der Waals surface area contributed by atoms with E-state index in [9.17, 15) is 4.79 Å². The number of amides is 1. The van der Waals surface area contributed by atoms with Gasteiger partial charge in [-0.05, 0) is 49.1 Å². The van der Waals surface area contributed by atoms with Crippen molar-refractivity contribution in [3.63, 3.8) is 0 Å². The van der Waals surface area contributed by atoms with E-state index in [1.807, 2.05) is 42.5 Å². The van der Waals surface area contributed by atoms with E-state index in [1.165, 1.54) is 0 Å². The summed E-state index contributed by atoms with van der Waals surface area (Å²) in [6, 6.07) is 14.1. The van der Waals surface area contributed by atoms with Gasteiger partial charge >= 0.3 is 0 Å². The number of allylic oxidation sites excluding steroid dienone is 1. The van der Waals surface area contributed by atoms with Crippen molar-refractivity contribution >= 4 is 17.4 Å². The number of aryl methyl sites for hydroxylation is 2. The summed E-state index contributed by atoms with van der Waals surface area (Å²) in [6.07, 6.45) is 5.92. The zero-order valence-electron chi connectivity index (χ0n) is 17.5. The maximum absolute atomic E-state index is 10.5. The van der Waals surface area contributed by atoms with Gasteiger partial charge in [0.25, 0.3) is 0 Å². The number of aromatic nitrogens is 2. The molecule has 3 rings (SSSR count). The molecule has 0 spiro atoms. The van der Waals surface area contributed by atoms with Gasteiger partial charge in [0.1, 0.15) is 5.82 Å². The minimum absolute atomic E-state index is 0.579. The number of methoxy groups -OCH3 is 1. The van der Waals surface area contributed by atoms with Gasteiger partial charge in [0.05, 0.1) is 24.8 Å². The van der Waals surface area contributed by atoms with Crippen molar-refractivity contribution < 1.29 is 14.3 Å². The molecule has 0 radical (unpaired) electrons. The van der Waals surface area contributed by atoms with Crippen molar-refractivity contribution in [1.29, 1.82) is 0 Å². The molecule has 0 bridgehead atoms. The summed E-state index contributed by atoms with van der Waals surface area (Å²) in [5.41, 5.74) is 3.27. The number of imidazole rings is 1. The maximum atomic E-state index is 10.5. The van der Waals surface area contributed by atoms with Gasteiger partial charge in [-0.15, -0.1) is 6.58 Å². The van der Waals surface area contributed by atoms with E-state index in [2.05, 4.69) is 22.5 Å². The molecule has 0 atom stereocenters. The van der Waals surface area contributed by atoms with Gasteiger partial charge in [0, 0.05) is 19.5 Å². The third-order valence-electron chi connectivity index (χ3n) is 4.93. The quantitative estimate of drug-likeness (QED) is 0.265. The summed E-state index contributed by atoms with van der Waals surface area (Å²) < 4.78 is 13.7. The van der Waals surface area contributed by atoms with Crippen LogP contribution < -0.4 is 14.8 Å². The lowest BCUT2D eigenvalue weighted by Gasteiger charge is -2.13. The Kier molecular flexibility index (Phi) is 7.89.